The molecule has 0 aromatic heterocycles. The summed E-state index contributed by atoms with van der Waals surface area (Å²) in [6.45, 7) is 11.5. The van der Waals surface area contributed by atoms with Gasteiger partial charge in [0.25, 0.3) is 0 Å². The number of carboxylic acid groups (broad SMARTS) is 3. The van der Waals surface area contributed by atoms with Crippen LogP contribution in [0.15, 0.2) is 0 Å². The molecule has 0 saturated carbocycles. The normalized spacial score (nSPS) is 14.8. The molecule has 9 N–H and O–H groups in total. The largest absolute Gasteiger partial charge is 0.481 e. The Morgan fingerprint density at radius 1 is 0.492 bits per heavy atom. The Labute approximate surface area is 344 Å². The van der Waals surface area contributed by atoms with Crippen molar-refractivity contribution >= 4 is 47.4 Å². The molecule has 0 unspecified atom stereocenters. The molecule has 0 bridgehead atoms. The van der Waals surface area contributed by atoms with E-state index in [4.69, 9.17) is 28.8 Å². The molecule has 5 amide bonds. The summed E-state index contributed by atoms with van der Waals surface area (Å²) in [4.78, 5) is 98.7. The number of aliphatic hydroxyl groups excluding tert-OH is 1. The Morgan fingerprint density at radius 3 is 1.36 bits per heavy atom. The first-order valence-corrected chi connectivity index (χ1v) is 19.6. The van der Waals surface area contributed by atoms with Crippen molar-refractivity contribution in [2.75, 3.05) is 66.1 Å². The molecule has 0 rings (SSSR count). The molecule has 0 radical (unpaired) electrons. The fourth-order valence-corrected chi connectivity index (χ4v) is 4.87. The van der Waals surface area contributed by atoms with Gasteiger partial charge in [0.2, 0.25) is 29.5 Å². The zero-order valence-corrected chi connectivity index (χ0v) is 34.8. The van der Waals surface area contributed by atoms with E-state index >= 15 is 0 Å². The molecule has 22 nitrogen and oxygen atoms in total. The van der Waals surface area contributed by atoms with Gasteiger partial charge in [-0.05, 0) is 32.1 Å². The number of aliphatic hydroxyl groups is 1. The number of hydrogen-bond donors (Lipinski definition) is 9. The van der Waals surface area contributed by atoms with Gasteiger partial charge in [-0.25, -0.2) is 4.79 Å². The van der Waals surface area contributed by atoms with Crippen LogP contribution in [0, 0.1) is 11.8 Å². The van der Waals surface area contributed by atoms with Crippen molar-refractivity contribution in [3.8, 4) is 0 Å². The summed E-state index contributed by atoms with van der Waals surface area (Å²) in [7, 11) is 0. The van der Waals surface area contributed by atoms with Crippen LogP contribution in [0.2, 0.25) is 0 Å². The van der Waals surface area contributed by atoms with Gasteiger partial charge in [-0.2, -0.15) is 0 Å². The average molecular weight is 852 g/mol. The lowest BCUT2D eigenvalue weighted by Crippen LogP contribution is -2.61. The van der Waals surface area contributed by atoms with Crippen LogP contribution in [-0.2, 0) is 62.0 Å². The van der Waals surface area contributed by atoms with E-state index in [0.717, 1.165) is 0 Å². The summed E-state index contributed by atoms with van der Waals surface area (Å²) in [5, 5.41) is 49.5. The van der Waals surface area contributed by atoms with Crippen molar-refractivity contribution in [2.45, 2.75) is 110 Å². The minimum Gasteiger partial charge on any atom is -0.481 e. The molecule has 0 aromatic carbocycles. The Balaban J connectivity index is 5.03. The van der Waals surface area contributed by atoms with Gasteiger partial charge in [-0.3, -0.25) is 33.6 Å². The summed E-state index contributed by atoms with van der Waals surface area (Å²) in [5.41, 5.74) is 0. The van der Waals surface area contributed by atoms with E-state index in [1.807, 2.05) is 0 Å². The maximum absolute atomic E-state index is 13.5. The topological polar surface area (TPSA) is 324 Å². The fourth-order valence-electron chi connectivity index (χ4n) is 4.87. The summed E-state index contributed by atoms with van der Waals surface area (Å²) < 4.78 is 26.6. The number of carbonyl (C=O) groups excluding carboxylic acids is 5. The van der Waals surface area contributed by atoms with Crippen LogP contribution >= 0.6 is 0 Å². The minimum atomic E-state index is -1.67. The zero-order chi connectivity index (χ0) is 44.9. The van der Waals surface area contributed by atoms with Crippen LogP contribution in [0.1, 0.15) is 73.6 Å². The van der Waals surface area contributed by atoms with Gasteiger partial charge >= 0.3 is 17.9 Å². The van der Waals surface area contributed by atoms with Crippen molar-refractivity contribution in [1.29, 1.82) is 0 Å². The Hall–Kier alpha value is -4.48. The molecular formula is C37H65N5O17. The molecule has 0 aromatic rings. The average Bonchev–Trinajstić information content (AvgIpc) is 3.16. The fraction of sp³-hybridized carbons (Fsp3) is 0.784. The van der Waals surface area contributed by atoms with Gasteiger partial charge < -0.3 is 70.7 Å². The van der Waals surface area contributed by atoms with Crippen LogP contribution in [0.25, 0.3) is 0 Å². The maximum atomic E-state index is 13.5. The van der Waals surface area contributed by atoms with Gasteiger partial charge in [0.15, 0.2) is 0 Å². The summed E-state index contributed by atoms with van der Waals surface area (Å²) in [6, 6.07) is -6.87. The lowest BCUT2D eigenvalue weighted by molar-refractivity contribution is -0.143. The highest BCUT2D eigenvalue weighted by Crippen LogP contribution is 2.11. The number of aliphatic carboxylic acids is 3. The summed E-state index contributed by atoms with van der Waals surface area (Å²) in [6.07, 6.45) is -2.27. The van der Waals surface area contributed by atoms with Gasteiger partial charge in [-0.1, -0.05) is 34.1 Å². The first-order valence-electron chi connectivity index (χ1n) is 19.6. The Kier molecular flexibility index (Phi) is 29.1. The van der Waals surface area contributed by atoms with Crippen molar-refractivity contribution in [2.24, 2.45) is 11.8 Å². The molecule has 340 valence electrons. The monoisotopic (exact) mass is 851 g/mol. The first kappa shape index (κ1) is 54.5. The molecule has 0 aliphatic heterocycles. The summed E-state index contributed by atoms with van der Waals surface area (Å²) in [5.74, 6) is -8.63. The van der Waals surface area contributed by atoms with Crippen molar-refractivity contribution in [3.63, 3.8) is 0 Å². The van der Waals surface area contributed by atoms with E-state index in [0.29, 0.717) is 39.5 Å². The lowest BCUT2D eigenvalue weighted by Gasteiger charge is -2.28. The van der Waals surface area contributed by atoms with Crippen molar-refractivity contribution in [3.05, 3.63) is 0 Å². The number of carboxylic acids is 3. The third-order valence-corrected chi connectivity index (χ3v) is 8.56. The SMILES string of the molecule is CC[C@H](C)[C@H](NC(=O)CCOCCOCCOCCOCCOCCC(=O)O)C(=O)N[C@@H](CCC(=O)O)C(=O)N[C@H](C(=O)N[C@@H](C)C(=O)N[C@H](C(=O)O)C(C)C)[C@@H](C)O. The Bertz CT molecular complexity index is 1320. The molecule has 0 fully saturated rings. The smallest absolute Gasteiger partial charge is 0.326 e. The second kappa shape index (κ2) is 31.4. The highest BCUT2D eigenvalue weighted by atomic mass is 16.6. The van der Waals surface area contributed by atoms with Crippen LogP contribution < -0.4 is 26.6 Å². The number of rotatable bonds is 35. The van der Waals surface area contributed by atoms with E-state index in [-0.39, 0.29) is 45.9 Å². The third-order valence-electron chi connectivity index (χ3n) is 8.56. The standard InChI is InChI=1S/C37H65N5O17/c1-7-23(4)31(40-27(44)10-12-55-14-16-57-18-20-59-21-19-58-17-15-56-13-11-29(47)48)35(51)39-26(8-9-28(45)46)34(50)42-32(25(6)43)36(52)38-24(5)33(49)41-30(22(2)3)37(53)54/h22-26,30-32,43H,7-21H2,1-6H3,(H,38,52)(H,39,51)(H,40,44)(H,41,49)(H,42,50)(H,45,46)(H,47,48)(H,53,54)/t23-,24-,25+,26-,30-,31-,32-/m0/s1. The highest BCUT2D eigenvalue weighted by molar-refractivity contribution is 5.96. The Morgan fingerprint density at radius 2 is 0.932 bits per heavy atom. The van der Waals surface area contributed by atoms with Crippen LogP contribution in [0.5, 0.6) is 0 Å². The number of nitrogens with one attached hydrogen (secondary N) is 5. The molecule has 22 heteroatoms. The minimum absolute atomic E-state index is 0.00246. The van der Waals surface area contributed by atoms with E-state index in [1.54, 1.807) is 27.7 Å². The van der Waals surface area contributed by atoms with Gasteiger partial charge in [0.05, 0.1) is 78.6 Å². The lowest BCUT2D eigenvalue weighted by atomic mass is 9.97. The maximum Gasteiger partial charge on any atom is 0.326 e. The van der Waals surface area contributed by atoms with E-state index in [9.17, 15) is 53.7 Å². The van der Waals surface area contributed by atoms with Crippen molar-refractivity contribution in [1.82, 2.24) is 26.6 Å². The molecule has 0 aliphatic rings. The zero-order valence-electron chi connectivity index (χ0n) is 34.8. The molecule has 7 atom stereocenters. The second-order valence-electron chi connectivity index (χ2n) is 13.9. The van der Waals surface area contributed by atoms with Crippen molar-refractivity contribution < 1.29 is 82.5 Å². The predicted molar refractivity (Wildman–Crippen MR) is 207 cm³/mol. The number of hydrogen-bond acceptors (Lipinski definition) is 14. The molecular weight excluding hydrogens is 786 g/mol. The number of ether oxygens (including phenoxy) is 5. The molecule has 0 saturated heterocycles. The number of amides is 5. The second-order valence-corrected chi connectivity index (χ2v) is 13.9. The van der Waals surface area contributed by atoms with Crippen LogP contribution in [0.3, 0.4) is 0 Å². The molecule has 0 heterocycles. The molecule has 0 aliphatic carbocycles. The highest BCUT2D eigenvalue weighted by Gasteiger charge is 2.34. The van der Waals surface area contributed by atoms with E-state index in [1.165, 1.54) is 13.8 Å². The molecule has 59 heavy (non-hydrogen) atoms. The van der Waals surface area contributed by atoms with E-state index in [2.05, 4.69) is 26.6 Å². The predicted octanol–water partition coefficient (Wildman–Crippen LogP) is -1.59. The quantitative estimate of drug-likeness (QED) is 0.0325. The van der Waals surface area contributed by atoms with Gasteiger partial charge in [-0.15, -0.1) is 0 Å². The van der Waals surface area contributed by atoms with Crippen LogP contribution in [-0.4, -0.2) is 170 Å². The molecule has 0 spiro atoms. The van der Waals surface area contributed by atoms with Gasteiger partial charge in [0.1, 0.15) is 30.2 Å². The summed E-state index contributed by atoms with van der Waals surface area (Å²) >= 11 is 0. The van der Waals surface area contributed by atoms with E-state index < -0.39 is 108 Å². The first-order chi connectivity index (χ1) is 27.8. The van der Waals surface area contributed by atoms with Gasteiger partial charge in [0, 0.05) is 12.8 Å². The number of carbonyl (C=O) groups is 8. The van der Waals surface area contributed by atoms with Crippen LogP contribution in [0.4, 0.5) is 0 Å². The third kappa shape index (κ3) is 25.6.